The molecule has 0 bridgehead atoms. The largest absolute Gasteiger partial charge is 0.478 e. The minimum absolute atomic E-state index is 0.581. The lowest BCUT2D eigenvalue weighted by Crippen LogP contribution is -2.33. The average molecular weight is 340 g/mol. The Hall–Kier alpha value is -1.71. The number of carbonyl (C=O) groups excluding carboxylic acids is 1. The average Bonchev–Trinajstić information content (AvgIpc) is 2.40. The molecule has 1 rings (SSSR count). The molecule has 0 radical (unpaired) electrons. The highest BCUT2D eigenvalue weighted by molar-refractivity contribution is 7.89. The number of aromatic carboxylic acids is 1. The molecule has 1 aromatic rings. The van der Waals surface area contributed by atoms with Gasteiger partial charge in [0.15, 0.2) is 0 Å². The second-order valence-corrected chi connectivity index (χ2v) is 6.33. The van der Waals surface area contributed by atoms with E-state index >= 15 is 0 Å². The molecular weight excluding hydrogens is 329 g/mol. The van der Waals surface area contributed by atoms with E-state index in [1.165, 1.54) is 0 Å². The number of benzene rings is 1. The van der Waals surface area contributed by atoms with E-state index in [-0.39, 0.29) is 0 Å². The van der Waals surface area contributed by atoms with Crippen LogP contribution in [0.4, 0.5) is 4.39 Å². The maximum absolute atomic E-state index is 13.6. The molecule has 0 aliphatic heterocycles. The van der Waals surface area contributed by atoms with Crippen molar-refractivity contribution in [3.8, 4) is 0 Å². The third kappa shape index (κ3) is 3.69. The predicted octanol–water partition coefficient (Wildman–Crippen LogP) is 0.971. The van der Waals surface area contributed by atoms with Gasteiger partial charge in [-0.3, -0.25) is 4.79 Å². The van der Waals surface area contributed by atoms with Crippen molar-refractivity contribution in [1.29, 1.82) is 0 Å². The molecule has 1 N–H and O–H groups in total. The van der Waals surface area contributed by atoms with Gasteiger partial charge in [0.25, 0.3) is 0 Å². The minimum Gasteiger partial charge on any atom is -0.478 e. The summed E-state index contributed by atoms with van der Waals surface area (Å²) in [7, 11) is -2.12. The highest BCUT2D eigenvalue weighted by atomic mass is 35.5. The summed E-state index contributed by atoms with van der Waals surface area (Å²) in [6.45, 7) is -0.606. The van der Waals surface area contributed by atoms with Crippen molar-refractivity contribution < 1.29 is 32.2 Å². The lowest BCUT2D eigenvalue weighted by atomic mass is 10.2. The second-order valence-electron chi connectivity index (χ2n) is 3.91. The highest BCUT2D eigenvalue weighted by Crippen LogP contribution is 2.26. The maximum atomic E-state index is 13.6. The fraction of sp³-hybridized carbons (Fsp3) is 0.273. The van der Waals surface area contributed by atoms with Gasteiger partial charge in [-0.1, -0.05) is 11.6 Å². The first-order valence-corrected chi connectivity index (χ1v) is 7.18. The van der Waals surface area contributed by atoms with Gasteiger partial charge in [-0.15, -0.1) is 0 Å². The van der Waals surface area contributed by atoms with E-state index < -0.39 is 49.8 Å². The summed E-state index contributed by atoms with van der Waals surface area (Å²) >= 11 is 5.46. The molecule has 7 nitrogen and oxygen atoms in total. The first kappa shape index (κ1) is 17.3. The number of esters is 1. The zero-order valence-electron chi connectivity index (χ0n) is 11.0. The number of methoxy groups -OCH3 is 1. The number of carboxylic acids is 1. The van der Waals surface area contributed by atoms with Crippen LogP contribution >= 0.6 is 11.6 Å². The summed E-state index contributed by atoms with van der Waals surface area (Å²) in [6, 6.07) is 1.30. The Kier molecular flexibility index (Phi) is 5.26. The van der Waals surface area contributed by atoms with Crippen LogP contribution in [0.1, 0.15) is 10.4 Å². The van der Waals surface area contributed by atoms with Gasteiger partial charge < -0.3 is 9.84 Å². The van der Waals surface area contributed by atoms with Gasteiger partial charge in [-0.25, -0.2) is 17.6 Å². The SMILES string of the molecule is COC(=O)CN(C)S(=O)(=O)c1cc(F)c(Cl)c(C(=O)O)c1. The smallest absolute Gasteiger partial charge is 0.337 e. The van der Waals surface area contributed by atoms with Gasteiger partial charge in [0.1, 0.15) is 12.4 Å². The van der Waals surface area contributed by atoms with E-state index in [9.17, 15) is 22.4 Å². The topological polar surface area (TPSA) is 101 Å². The van der Waals surface area contributed by atoms with Crippen molar-refractivity contribution in [3.63, 3.8) is 0 Å². The molecule has 0 aliphatic carbocycles. The second kappa shape index (κ2) is 6.37. The lowest BCUT2D eigenvalue weighted by Gasteiger charge is -2.16. The van der Waals surface area contributed by atoms with Crippen molar-refractivity contribution in [2.75, 3.05) is 20.7 Å². The first-order chi connectivity index (χ1) is 9.61. The normalized spacial score (nSPS) is 11.5. The summed E-state index contributed by atoms with van der Waals surface area (Å²) in [6.07, 6.45) is 0. The maximum Gasteiger partial charge on any atom is 0.337 e. The predicted molar refractivity (Wildman–Crippen MR) is 70.2 cm³/mol. The fourth-order valence-corrected chi connectivity index (χ4v) is 2.72. The van der Waals surface area contributed by atoms with Gasteiger partial charge in [-0.05, 0) is 12.1 Å². The molecule has 116 valence electrons. The summed E-state index contributed by atoms with van der Waals surface area (Å²) < 4.78 is 42.8. The number of hydrogen-bond donors (Lipinski definition) is 1. The van der Waals surface area contributed by atoms with Crippen LogP contribution in [0.3, 0.4) is 0 Å². The Morgan fingerprint density at radius 2 is 2.00 bits per heavy atom. The van der Waals surface area contributed by atoms with Crippen molar-refractivity contribution in [2.24, 2.45) is 0 Å². The number of rotatable bonds is 5. The van der Waals surface area contributed by atoms with Gasteiger partial charge in [0, 0.05) is 7.05 Å². The van der Waals surface area contributed by atoms with Crippen molar-refractivity contribution in [2.45, 2.75) is 4.90 Å². The molecule has 0 unspecified atom stereocenters. The molecule has 0 fully saturated rings. The molecule has 21 heavy (non-hydrogen) atoms. The summed E-state index contributed by atoms with van der Waals surface area (Å²) in [4.78, 5) is 21.4. The Balaban J connectivity index is 3.32. The summed E-state index contributed by atoms with van der Waals surface area (Å²) in [5.41, 5.74) is -0.693. The van der Waals surface area contributed by atoms with Crippen molar-refractivity contribution in [1.82, 2.24) is 4.31 Å². The monoisotopic (exact) mass is 339 g/mol. The number of likely N-dealkylation sites (N-methyl/N-ethyl adjacent to an activating group) is 1. The molecule has 0 saturated carbocycles. The molecule has 0 heterocycles. The number of ether oxygens (including phenoxy) is 1. The van der Waals surface area contributed by atoms with Crippen LogP contribution in [0.5, 0.6) is 0 Å². The van der Waals surface area contributed by atoms with E-state index in [1.54, 1.807) is 0 Å². The third-order valence-electron chi connectivity index (χ3n) is 2.52. The molecule has 0 aliphatic rings. The number of carbonyl (C=O) groups is 2. The number of halogens is 2. The van der Waals surface area contributed by atoms with Crippen LogP contribution in [0, 0.1) is 5.82 Å². The van der Waals surface area contributed by atoms with Crippen molar-refractivity contribution in [3.05, 3.63) is 28.5 Å². The van der Waals surface area contributed by atoms with Crippen LogP contribution in [-0.4, -0.2) is 50.5 Å². The molecule has 10 heteroatoms. The zero-order valence-corrected chi connectivity index (χ0v) is 12.5. The Labute approximate surface area is 124 Å². The Morgan fingerprint density at radius 3 is 2.48 bits per heavy atom. The van der Waals surface area contributed by atoms with Crippen LogP contribution in [-0.2, 0) is 19.6 Å². The molecular formula is C11H11ClFNO6S. The zero-order chi connectivity index (χ0) is 16.4. The minimum atomic E-state index is -4.27. The molecule has 0 atom stereocenters. The molecule has 0 aromatic heterocycles. The number of carboxylic acid groups (broad SMARTS) is 1. The van der Waals surface area contributed by atoms with Gasteiger partial charge in [0.05, 0.1) is 22.6 Å². The van der Waals surface area contributed by atoms with Crippen LogP contribution < -0.4 is 0 Å². The molecule has 0 saturated heterocycles. The van der Waals surface area contributed by atoms with E-state index in [0.717, 1.165) is 20.2 Å². The summed E-state index contributed by atoms with van der Waals surface area (Å²) in [5.74, 6) is -3.60. The fourth-order valence-electron chi connectivity index (χ4n) is 1.38. The lowest BCUT2D eigenvalue weighted by molar-refractivity contribution is -0.140. The van der Waals surface area contributed by atoms with Crippen LogP contribution in [0.15, 0.2) is 17.0 Å². The molecule has 0 spiro atoms. The van der Waals surface area contributed by atoms with E-state index in [1.807, 2.05) is 0 Å². The van der Waals surface area contributed by atoms with Crippen LogP contribution in [0.25, 0.3) is 0 Å². The van der Waals surface area contributed by atoms with Crippen LogP contribution in [0.2, 0.25) is 5.02 Å². The first-order valence-electron chi connectivity index (χ1n) is 5.36. The highest BCUT2D eigenvalue weighted by Gasteiger charge is 2.27. The quantitative estimate of drug-likeness (QED) is 0.802. The van der Waals surface area contributed by atoms with Gasteiger partial charge >= 0.3 is 11.9 Å². The standard InChI is InChI=1S/C11H11ClFNO6S/c1-14(5-9(15)20-2)21(18,19)6-3-7(11(16)17)10(12)8(13)4-6/h3-4H,5H2,1-2H3,(H,16,17). The summed E-state index contributed by atoms with van der Waals surface area (Å²) in [5, 5.41) is 8.17. The van der Waals surface area contributed by atoms with E-state index in [4.69, 9.17) is 16.7 Å². The third-order valence-corrected chi connectivity index (χ3v) is 4.69. The Bertz CT molecular complexity index is 690. The van der Waals surface area contributed by atoms with E-state index in [0.29, 0.717) is 10.4 Å². The number of hydrogen-bond acceptors (Lipinski definition) is 5. The molecule has 0 amide bonds. The molecule has 1 aromatic carbocycles. The number of nitrogens with zero attached hydrogens (tertiary/aromatic N) is 1. The van der Waals surface area contributed by atoms with Gasteiger partial charge in [0.2, 0.25) is 10.0 Å². The van der Waals surface area contributed by atoms with Crippen molar-refractivity contribution >= 4 is 33.6 Å². The van der Waals surface area contributed by atoms with Gasteiger partial charge in [-0.2, -0.15) is 4.31 Å². The van der Waals surface area contributed by atoms with E-state index in [2.05, 4.69) is 4.74 Å². The Morgan fingerprint density at radius 1 is 1.43 bits per heavy atom. The number of sulfonamides is 1.